The van der Waals surface area contributed by atoms with E-state index in [-0.39, 0.29) is 27.6 Å². The Balaban J connectivity index is 1.48. The van der Waals surface area contributed by atoms with Crippen molar-refractivity contribution in [3.05, 3.63) is 70.0 Å². The second-order valence-corrected chi connectivity index (χ2v) is 17.1. The molecule has 5 rings (SSSR count). The Bertz CT molecular complexity index is 1890. The summed E-state index contributed by atoms with van der Waals surface area (Å²) < 4.78 is 70.5. The minimum Gasteiger partial charge on any atom is -0.351 e. The smallest absolute Gasteiger partial charge is 0.261 e. The van der Waals surface area contributed by atoms with Crippen molar-refractivity contribution >= 4 is 58.9 Å². The number of sulfonamides is 2. The zero-order valence-corrected chi connectivity index (χ0v) is 28.5. The molecule has 1 saturated heterocycles. The fourth-order valence-corrected chi connectivity index (χ4v) is 7.98. The van der Waals surface area contributed by atoms with Gasteiger partial charge in [-0.1, -0.05) is 42.8 Å². The number of thiazole rings is 1. The molecule has 4 aromatic rings. The van der Waals surface area contributed by atoms with E-state index in [0.717, 1.165) is 9.48 Å². The molecule has 3 heterocycles. The largest absolute Gasteiger partial charge is 0.351 e. The Hall–Kier alpha value is -2.98. The third-order valence-corrected chi connectivity index (χ3v) is 11.8. The Morgan fingerprint density at radius 3 is 2.32 bits per heavy atom. The van der Waals surface area contributed by atoms with Gasteiger partial charge in [-0.25, -0.2) is 40.5 Å². The van der Waals surface area contributed by atoms with Crippen LogP contribution in [0.2, 0.25) is 0 Å². The van der Waals surface area contributed by atoms with Crippen LogP contribution in [0.1, 0.15) is 38.6 Å². The number of anilines is 2. The number of hydrogen-bond donors (Lipinski definition) is 2. The summed E-state index contributed by atoms with van der Waals surface area (Å²) in [6.45, 7) is 6.84. The molecule has 2 N–H and O–H groups in total. The number of nitrogens with one attached hydrogen (secondary N) is 2. The zero-order chi connectivity index (χ0) is 31.9. The standard InChI is InChI=1S/C29H32BrFN6O4S3/c1-29(2,3)27-35-25(21-6-5-7-22(24(21)31)36-44(40,41)20-10-8-18(30)9-11-20)26(42-27)23-12-15-32-28(34-23)33-19-13-16-37(17-14-19)43(4,38)39/h5-12,15,19,36H,13-14,16-17H2,1-4H3,(H,32,33,34). The summed E-state index contributed by atoms with van der Waals surface area (Å²) in [7, 11) is -7.30. The topological polar surface area (TPSA) is 134 Å². The van der Waals surface area contributed by atoms with Crippen LogP contribution < -0.4 is 10.0 Å². The quantitative estimate of drug-likeness (QED) is 0.223. The van der Waals surface area contributed by atoms with Gasteiger partial charge in [-0.3, -0.25) is 4.72 Å². The van der Waals surface area contributed by atoms with E-state index in [1.165, 1.54) is 40.1 Å². The third-order valence-electron chi connectivity index (χ3n) is 7.04. The molecule has 0 aliphatic carbocycles. The van der Waals surface area contributed by atoms with E-state index in [4.69, 9.17) is 9.97 Å². The molecule has 2 aromatic heterocycles. The lowest BCUT2D eigenvalue weighted by molar-refractivity contribution is 0.331. The van der Waals surface area contributed by atoms with Crippen LogP contribution in [0.3, 0.4) is 0 Å². The molecule has 0 radical (unpaired) electrons. The molecule has 10 nitrogen and oxygen atoms in total. The normalized spacial score (nSPS) is 15.3. The maximum Gasteiger partial charge on any atom is 0.261 e. The van der Waals surface area contributed by atoms with E-state index in [2.05, 4.69) is 31.0 Å². The molecule has 1 fully saturated rings. The summed E-state index contributed by atoms with van der Waals surface area (Å²) in [6, 6.07) is 12.3. The molecule has 0 spiro atoms. The lowest BCUT2D eigenvalue weighted by Gasteiger charge is -2.30. The molecule has 0 atom stereocenters. The van der Waals surface area contributed by atoms with Gasteiger partial charge in [-0.15, -0.1) is 11.3 Å². The summed E-state index contributed by atoms with van der Waals surface area (Å²) >= 11 is 4.68. The number of halogens is 2. The minimum absolute atomic E-state index is 0.00197. The van der Waals surface area contributed by atoms with Crippen LogP contribution in [0, 0.1) is 5.82 Å². The number of aromatic nitrogens is 3. The number of benzene rings is 2. The summed E-state index contributed by atoms with van der Waals surface area (Å²) in [5.41, 5.74) is 0.445. The lowest BCUT2D eigenvalue weighted by Crippen LogP contribution is -2.42. The van der Waals surface area contributed by atoms with Crippen molar-refractivity contribution in [1.29, 1.82) is 0 Å². The van der Waals surface area contributed by atoms with Gasteiger partial charge in [-0.2, -0.15) is 0 Å². The summed E-state index contributed by atoms with van der Waals surface area (Å²) in [5.74, 6) is -0.390. The van der Waals surface area contributed by atoms with E-state index < -0.39 is 25.9 Å². The van der Waals surface area contributed by atoms with Gasteiger partial charge in [-0.05, 0) is 55.3 Å². The third kappa shape index (κ3) is 7.28. The highest BCUT2D eigenvalue weighted by Gasteiger charge is 2.28. The first kappa shape index (κ1) is 32.4. The van der Waals surface area contributed by atoms with Crippen LogP contribution in [0.4, 0.5) is 16.0 Å². The Morgan fingerprint density at radius 2 is 1.68 bits per heavy atom. The van der Waals surface area contributed by atoms with Gasteiger partial charge in [0, 0.05) is 40.8 Å². The second kappa shape index (κ2) is 12.4. The number of hydrogen-bond acceptors (Lipinski definition) is 9. The summed E-state index contributed by atoms with van der Waals surface area (Å²) in [5, 5.41) is 4.07. The number of rotatable bonds is 8. The van der Waals surface area contributed by atoms with Crippen LogP contribution in [-0.2, 0) is 25.5 Å². The SMILES string of the molecule is CC(C)(C)c1nc(-c2cccc(NS(=O)(=O)c3ccc(Br)cc3)c2F)c(-c2ccnc(NC3CCN(S(C)(=O)=O)CC3)n2)s1. The van der Waals surface area contributed by atoms with E-state index in [1.807, 2.05) is 20.8 Å². The molecule has 0 unspecified atom stereocenters. The van der Waals surface area contributed by atoms with Crippen LogP contribution in [-0.4, -0.2) is 61.5 Å². The average molecular weight is 724 g/mol. The zero-order valence-electron chi connectivity index (χ0n) is 24.5. The van der Waals surface area contributed by atoms with Crippen molar-refractivity contribution < 1.29 is 21.2 Å². The van der Waals surface area contributed by atoms with E-state index in [9.17, 15) is 16.8 Å². The van der Waals surface area contributed by atoms with Gasteiger partial charge >= 0.3 is 0 Å². The average Bonchev–Trinajstić information content (AvgIpc) is 3.41. The maximum atomic E-state index is 16.1. The van der Waals surface area contributed by atoms with E-state index in [0.29, 0.717) is 48.1 Å². The van der Waals surface area contributed by atoms with E-state index in [1.54, 1.807) is 36.5 Å². The van der Waals surface area contributed by atoms with Crippen molar-refractivity contribution in [1.82, 2.24) is 19.3 Å². The highest BCUT2D eigenvalue weighted by Crippen LogP contribution is 2.42. The molecule has 15 heteroatoms. The van der Waals surface area contributed by atoms with Crippen LogP contribution >= 0.6 is 27.3 Å². The summed E-state index contributed by atoms with van der Waals surface area (Å²) in [6.07, 6.45) is 4.03. The maximum absolute atomic E-state index is 16.1. The predicted molar refractivity (Wildman–Crippen MR) is 175 cm³/mol. The molecular formula is C29H32BrFN6O4S3. The molecule has 234 valence electrons. The molecular weight excluding hydrogens is 691 g/mol. The predicted octanol–water partition coefficient (Wildman–Crippen LogP) is 6.10. The molecule has 0 bridgehead atoms. The Kier molecular flexibility index (Phi) is 9.16. The van der Waals surface area contributed by atoms with Gasteiger partial charge in [0.25, 0.3) is 10.0 Å². The van der Waals surface area contributed by atoms with Crippen LogP contribution in [0.25, 0.3) is 21.8 Å². The first-order valence-corrected chi connectivity index (χ1v) is 18.7. The first-order chi connectivity index (χ1) is 20.6. The van der Waals surface area contributed by atoms with Crippen molar-refractivity contribution in [3.63, 3.8) is 0 Å². The van der Waals surface area contributed by atoms with Crippen molar-refractivity contribution in [3.8, 4) is 21.8 Å². The highest BCUT2D eigenvalue weighted by molar-refractivity contribution is 9.10. The molecule has 44 heavy (non-hydrogen) atoms. The van der Waals surface area contributed by atoms with Crippen molar-refractivity contribution in [2.24, 2.45) is 0 Å². The van der Waals surface area contributed by atoms with Crippen molar-refractivity contribution in [2.75, 3.05) is 29.4 Å². The minimum atomic E-state index is -4.06. The Morgan fingerprint density at radius 1 is 1.00 bits per heavy atom. The van der Waals surface area contributed by atoms with Gasteiger partial charge in [0.1, 0.15) is 0 Å². The van der Waals surface area contributed by atoms with Crippen LogP contribution in [0.15, 0.2) is 64.1 Å². The highest BCUT2D eigenvalue weighted by atomic mass is 79.9. The number of nitrogens with zero attached hydrogens (tertiary/aromatic N) is 4. The first-order valence-electron chi connectivity index (χ1n) is 13.8. The van der Waals surface area contributed by atoms with Crippen molar-refractivity contribution in [2.45, 2.75) is 50.0 Å². The monoisotopic (exact) mass is 722 g/mol. The second-order valence-electron chi connectivity index (χ2n) is 11.5. The molecule has 1 aliphatic heterocycles. The van der Waals surface area contributed by atoms with E-state index >= 15 is 4.39 Å². The fourth-order valence-electron chi connectivity index (χ4n) is 4.68. The Labute approximate surface area is 269 Å². The van der Waals surface area contributed by atoms with Gasteiger partial charge < -0.3 is 5.32 Å². The molecule has 1 aliphatic rings. The van der Waals surface area contributed by atoms with Gasteiger partial charge in [0.15, 0.2) is 5.82 Å². The number of piperidine rings is 1. The fraction of sp³-hybridized carbons (Fsp3) is 0.345. The molecule has 0 saturated carbocycles. The van der Waals surface area contributed by atoms with Gasteiger partial charge in [0.05, 0.1) is 38.1 Å². The molecule has 0 amide bonds. The summed E-state index contributed by atoms with van der Waals surface area (Å²) in [4.78, 5) is 14.5. The molecule has 2 aromatic carbocycles. The lowest BCUT2D eigenvalue weighted by atomic mass is 9.98. The van der Waals surface area contributed by atoms with Gasteiger partial charge in [0.2, 0.25) is 16.0 Å². The van der Waals surface area contributed by atoms with Crippen LogP contribution in [0.5, 0.6) is 0 Å².